The van der Waals surface area contributed by atoms with Crippen molar-refractivity contribution in [1.82, 2.24) is 10.2 Å². The maximum Gasteiger partial charge on any atom is 0.252 e. The molecular formula is C12H14N2O2. The summed E-state index contributed by atoms with van der Waals surface area (Å²) < 4.78 is 0. The van der Waals surface area contributed by atoms with Crippen molar-refractivity contribution in [2.24, 2.45) is 0 Å². The van der Waals surface area contributed by atoms with Gasteiger partial charge in [0.25, 0.3) is 5.91 Å². The van der Waals surface area contributed by atoms with Crippen LogP contribution in [0.25, 0.3) is 0 Å². The van der Waals surface area contributed by atoms with Gasteiger partial charge in [-0.15, -0.1) is 0 Å². The highest BCUT2D eigenvalue weighted by Gasteiger charge is 2.42. The molecule has 1 fully saturated rings. The van der Waals surface area contributed by atoms with E-state index in [0.717, 1.165) is 5.56 Å². The predicted octanol–water partition coefficient (Wildman–Crippen LogP) is 0.490. The molecule has 0 spiro atoms. The zero-order valence-corrected chi connectivity index (χ0v) is 9.36. The maximum atomic E-state index is 12.1. The number of nitrogens with one attached hydrogen (secondary N) is 1. The van der Waals surface area contributed by atoms with E-state index in [2.05, 4.69) is 5.32 Å². The minimum atomic E-state index is -0.939. The summed E-state index contributed by atoms with van der Waals surface area (Å²) in [5.41, 5.74) is -0.134. The number of likely N-dealkylation sites (N-methyl/N-ethyl adjacent to an activating group) is 1. The van der Waals surface area contributed by atoms with Crippen LogP contribution in [0.2, 0.25) is 0 Å². The van der Waals surface area contributed by atoms with Gasteiger partial charge in [0, 0.05) is 7.05 Å². The van der Waals surface area contributed by atoms with Gasteiger partial charge in [0.2, 0.25) is 5.91 Å². The van der Waals surface area contributed by atoms with Crippen LogP contribution in [0.3, 0.4) is 0 Å². The molecule has 1 aliphatic rings. The summed E-state index contributed by atoms with van der Waals surface area (Å²) in [6.07, 6.45) is 0. The van der Waals surface area contributed by atoms with Crippen molar-refractivity contribution in [2.45, 2.75) is 12.5 Å². The molecule has 1 N–H and O–H groups in total. The lowest BCUT2D eigenvalue weighted by atomic mass is 9.89. The Hall–Kier alpha value is -1.84. The molecule has 1 atom stereocenters. The molecule has 0 bridgehead atoms. The molecule has 4 heteroatoms. The number of benzene rings is 1. The second-order valence-corrected chi connectivity index (χ2v) is 4.20. The normalized spacial score (nSPS) is 25.5. The lowest BCUT2D eigenvalue weighted by molar-refractivity contribution is -0.148. The zero-order valence-electron chi connectivity index (χ0n) is 9.36. The predicted molar refractivity (Wildman–Crippen MR) is 59.6 cm³/mol. The molecular weight excluding hydrogens is 204 g/mol. The first-order valence-electron chi connectivity index (χ1n) is 5.16. The molecule has 1 unspecified atom stereocenters. The van der Waals surface area contributed by atoms with Gasteiger partial charge in [0.1, 0.15) is 5.54 Å². The average Bonchev–Trinajstić information content (AvgIpc) is 2.27. The number of nitrogens with zero attached hydrogens (tertiary/aromatic N) is 1. The minimum absolute atomic E-state index is 0.0849. The third kappa shape index (κ3) is 1.56. The Labute approximate surface area is 94.2 Å². The van der Waals surface area contributed by atoms with Crippen LogP contribution in [0.5, 0.6) is 0 Å². The summed E-state index contributed by atoms with van der Waals surface area (Å²) in [5.74, 6) is -0.216. The lowest BCUT2D eigenvalue weighted by Gasteiger charge is -2.38. The monoisotopic (exact) mass is 218 g/mol. The fourth-order valence-corrected chi connectivity index (χ4v) is 2.01. The van der Waals surface area contributed by atoms with E-state index in [1.807, 2.05) is 30.3 Å². The van der Waals surface area contributed by atoms with Crippen LogP contribution in [0.4, 0.5) is 0 Å². The molecule has 1 aliphatic heterocycles. The Bertz CT molecular complexity index is 430. The quantitative estimate of drug-likeness (QED) is 0.745. The molecule has 1 aromatic rings. The standard InChI is InChI=1S/C12H14N2O2/c1-12(9-6-4-3-5-7-9)11(16)14(2)8-10(15)13-12/h3-7H,8H2,1-2H3,(H,13,15). The van der Waals surface area contributed by atoms with Crippen molar-refractivity contribution >= 4 is 11.8 Å². The minimum Gasteiger partial charge on any atom is -0.337 e. The van der Waals surface area contributed by atoms with Crippen molar-refractivity contribution < 1.29 is 9.59 Å². The first-order chi connectivity index (χ1) is 7.54. The highest BCUT2D eigenvalue weighted by atomic mass is 16.2. The van der Waals surface area contributed by atoms with E-state index in [1.54, 1.807) is 14.0 Å². The number of amides is 2. The van der Waals surface area contributed by atoms with E-state index in [9.17, 15) is 9.59 Å². The van der Waals surface area contributed by atoms with Gasteiger partial charge in [0.05, 0.1) is 6.54 Å². The van der Waals surface area contributed by atoms with Gasteiger partial charge in [-0.25, -0.2) is 0 Å². The van der Waals surface area contributed by atoms with Crippen LogP contribution >= 0.6 is 0 Å². The Morgan fingerprint density at radius 1 is 1.25 bits per heavy atom. The van der Waals surface area contributed by atoms with Crippen LogP contribution in [-0.4, -0.2) is 30.3 Å². The van der Waals surface area contributed by atoms with Gasteiger partial charge in [-0.05, 0) is 12.5 Å². The SMILES string of the molecule is CN1CC(=O)NC(C)(c2ccccc2)C1=O. The topological polar surface area (TPSA) is 49.4 Å². The molecule has 1 saturated heterocycles. The molecule has 2 rings (SSSR count). The van der Waals surface area contributed by atoms with E-state index in [1.165, 1.54) is 4.90 Å². The van der Waals surface area contributed by atoms with Crippen molar-refractivity contribution in [3.05, 3.63) is 35.9 Å². The van der Waals surface area contributed by atoms with Crippen LogP contribution in [0, 0.1) is 0 Å². The highest BCUT2D eigenvalue weighted by Crippen LogP contribution is 2.25. The number of carbonyl (C=O) groups excluding carboxylic acids is 2. The average molecular weight is 218 g/mol. The van der Waals surface area contributed by atoms with Crippen molar-refractivity contribution in [2.75, 3.05) is 13.6 Å². The number of rotatable bonds is 1. The molecule has 16 heavy (non-hydrogen) atoms. The molecule has 2 amide bonds. The van der Waals surface area contributed by atoms with Gasteiger partial charge >= 0.3 is 0 Å². The number of hydrogen-bond acceptors (Lipinski definition) is 2. The van der Waals surface area contributed by atoms with Gasteiger partial charge in [-0.1, -0.05) is 30.3 Å². The largest absolute Gasteiger partial charge is 0.337 e. The second kappa shape index (κ2) is 3.63. The van der Waals surface area contributed by atoms with Crippen LogP contribution in [0.15, 0.2) is 30.3 Å². The fourth-order valence-electron chi connectivity index (χ4n) is 2.01. The summed E-state index contributed by atoms with van der Waals surface area (Å²) in [4.78, 5) is 25.1. The van der Waals surface area contributed by atoms with Crippen molar-refractivity contribution in [3.8, 4) is 0 Å². The van der Waals surface area contributed by atoms with Crippen LogP contribution in [-0.2, 0) is 15.1 Å². The molecule has 0 saturated carbocycles. The molecule has 4 nitrogen and oxygen atoms in total. The van der Waals surface area contributed by atoms with Gasteiger partial charge < -0.3 is 10.2 Å². The maximum absolute atomic E-state index is 12.1. The van der Waals surface area contributed by atoms with Gasteiger partial charge in [-0.2, -0.15) is 0 Å². The molecule has 1 heterocycles. The first kappa shape index (κ1) is 10.7. The van der Waals surface area contributed by atoms with E-state index in [-0.39, 0.29) is 18.4 Å². The molecule has 1 aromatic carbocycles. The lowest BCUT2D eigenvalue weighted by Crippen LogP contribution is -2.62. The summed E-state index contributed by atoms with van der Waals surface area (Å²) in [5, 5.41) is 2.76. The smallest absolute Gasteiger partial charge is 0.252 e. The Kier molecular flexibility index (Phi) is 2.42. The van der Waals surface area contributed by atoms with Crippen molar-refractivity contribution in [1.29, 1.82) is 0 Å². The Morgan fingerprint density at radius 2 is 1.88 bits per heavy atom. The number of carbonyl (C=O) groups is 2. The van der Waals surface area contributed by atoms with Crippen LogP contribution < -0.4 is 5.32 Å². The Balaban J connectivity index is 2.43. The van der Waals surface area contributed by atoms with Crippen molar-refractivity contribution in [3.63, 3.8) is 0 Å². The molecule has 0 radical (unpaired) electrons. The second-order valence-electron chi connectivity index (χ2n) is 4.20. The summed E-state index contributed by atoms with van der Waals surface area (Å²) in [7, 11) is 1.64. The summed E-state index contributed by atoms with van der Waals surface area (Å²) in [6, 6.07) is 9.28. The summed E-state index contributed by atoms with van der Waals surface area (Å²) >= 11 is 0. The first-order valence-corrected chi connectivity index (χ1v) is 5.16. The Morgan fingerprint density at radius 3 is 2.50 bits per heavy atom. The zero-order chi connectivity index (χ0) is 11.8. The van der Waals surface area contributed by atoms with E-state index < -0.39 is 5.54 Å². The molecule has 84 valence electrons. The summed E-state index contributed by atoms with van der Waals surface area (Å²) in [6.45, 7) is 1.86. The van der Waals surface area contributed by atoms with E-state index in [0.29, 0.717) is 0 Å². The highest BCUT2D eigenvalue weighted by molar-refractivity contribution is 5.98. The van der Waals surface area contributed by atoms with E-state index >= 15 is 0 Å². The fraction of sp³-hybridized carbons (Fsp3) is 0.333. The molecule has 0 aliphatic carbocycles. The molecule has 0 aromatic heterocycles. The third-order valence-electron chi connectivity index (χ3n) is 2.90. The van der Waals surface area contributed by atoms with Crippen LogP contribution in [0.1, 0.15) is 12.5 Å². The van der Waals surface area contributed by atoms with Gasteiger partial charge in [-0.3, -0.25) is 9.59 Å². The number of piperazine rings is 1. The third-order valence-corrected chi connectivity index (χ3v) is 2.90. The van der Waals surface area contributed by atoms with E-state index in [4.69, 9.17) is 0 Å². The number of hydrogen-bond donors (Lipinski definition) is 1. The van der Waals surface area contributed by atoms with Gasteiger partial charge in [0.15, 0.2) is 0 Å².